The maximum absolute atomic E-state index is 14.4. The summed E-state index contributed by atoms with van der Waals surface area (Å²) >= 11 is 0. The van der Waals surface area contributed by atoms with Gasteiger partial charge in [-0.25, -0.2) is 9.98 Å². The first-order valence-corrected chi connectivity index (χ1v) is 11.1. The van der Waals surface area contributed by atoms with Crippen molar-refractivity contribution in [1.29, 1.82) is 0 Å². The topological polar surface area (TPSA) is 79.0 Å². The number of aromatic nitrogens is 1. The van der Waals surface area contributed by atoms with E-state index in [-0.39, 0.29) is 12.3 Å². The third-order valence-corrected chi connectivity index (χ3v) is 7.55. The minimum absolute atomic E-state index is 0.0809. The van der Waals surface area contributed by atoms with Gasteiger partial charge in [0.15, 0.2) is 6.29 Å². The minimum Gasteiger partial charge on any atom is -0.462 e. The van der Waals surface area contributed by atoms with Crippen molar-refractivity contribution in [3.8, 4) is 11.1 Å². The number of nitrogens with two attached hydrogens (primary N) is 1. The van der Waals surface area contributed by atoms with Crippen LogP contribution in [0.2, 0.25) is 0 Å². The molecule has 2 unspecified atom stereocenters. The predicted octanol–water partition coefficient (Wildman–Crippen LogP) is 3.39. The van der Waals surface area contributed by atoms with Gasteiger partial charge in [-0.1, -0.05) is 12.1 Å². The number of fused-ring (bicyclic) bond motifs is 4. The number of aliphatic imine (C=N–C) groups is 1. The molecule has 1 saturated heterocycles. The van der Waals surface area contributed by atoms with E-state index in [9.17, 15) is 4.39 Å². The number of halogens is 1. The van der Waals surface area contributed by atoms with Gasteiger partial charge in [0.1, 0.15) is 12.1 Å². The zero-order valence-electron chi connectivity index (χ0n) is 17.3. The maximum atomic E-state index is 14.4. The summed E-state index contributed by atoms with van der Waals surface area (Å²) < 4.78 is 31.8. The fourth-order valence-corrected chi connectivity index (χ4v) is 6.23. The molecular formula is C24H26FN3O3. The van der Waals surface area contributed by atoms with Gasteiger partial charge in [-0.2, -0.15) is 4.39 Å². The predicted molar refractivity (Wildman–Crippen MR) is 113 cm³/mol. The van der Waals surface area contributed by atoms with Crippen LogP contribution in [0.15, 0.2) is 41.5 Å². The summed E-state index contributed by atoms with van der Waals surface area (Å²) in [6.07, 6.45) is 5.46. The number of hydrogen-bond donors (Lipinski definition) is 1. The van der Waals surface area contributed by atoms with Crippen LogP contribution in [0.5, 0.6) is 0 Å². The first-order chi connectivity index (χ1) is 15.1. The molecule has 7 heteroatoms. The van der Waals surface area contributed by atoms with Crippen LogP contribution in [0.3, 0.4) is 0 Å². The van der Waals surface area contributed by atoms with Crippen molar-refractivity contribution in [2.75, 3.05) is 19.8 Å². The van der Waals surface area contributed by atoms with Crippen LogP contribution in [-0.2, 0) is 26.2 Å². The molecule has 1 aromatic carbocycles. The normalized spacial score (nSPS) is 32.4. The molecule has 0 radical (unpaired) electrons. The Morgan fingerprint density at radius 3 is 2.74 bits per heavy atom. The molecule has 0 amide bonds. The summed E-state index contributed by atoms with van der Waals surface area (Å²) in [6, 6.07) is 9.94. The first-order valence-electron chi connectivity index (χ1n) is 11.1. The van der Waals surface area contributed by atoms with Gasteiger partial charge in [-0.15, -0.1) is 0 Å². The van der Waals surface area contributed by atoms with E-state index in [2.05, 4.69) is 17.1 Å². The van der Waals surface area contributed by atoms with Gasteiger partial charge in [-0.3, -0.25) is 0 Å². The zero-order chi connectivity index (χ0) is 21.0. The minimum atomic E-state index is -0.514. The van der Waals surface area contributed by atoms with Crippen LogP contribution in [-0.4, -0.2) is 37.1 Å². The second-order valence-electron chi connectivity index (χ2n) is 9.13. The van der Waals surface area contributed by atoms with Gasteiger partial charge >= 0.3 is 0 Å². The lowest BCUT2D eigenvalue weighted by atomic mass is 9.58. The van der Waals surface area contributed by atoms with Gasteiger partial charge in [-0.05, 0) is 72.4 Å². The molecule has 6 nitrogen and oxygen atoms in total. The Hall–Kier alpha value is -2.51. The largest absolute Gasteiger partial charge is 0.462 e. The number of ether oxygens (including phenoxy) is 3. The number of hydrogen-bond acceptors (Lipinski definition) is 6. The van der Waals surface area contributed by atoms with Gasteiger partial charge < -0.3 is 19.9 Å². The highest BCUT2D eigenvalue weighted by molar-refractivity contribution is 5.75. The third kappa shape index (κ3) is 3.05. The Morgan fingerprint density at radius 2 is 1.97 bits per heavy atom. The average Bonchev–Trinajstić information content (AvgIpc) is 3.45. The second kappa shape index (κ2) is 7.28. The molecule has 4 aliphatic rings. The molecule has 6 rings (SSSR count). The van der Waals surface area contributed by atoms with Crippen molar-refractivity contribution in [3.63, 3.8) is 0 Å². The lowest BCUT2D eigenvalue weighted by Crippen LogP contribution is -2.48. The summed E-state index contributed by atoms with van der Waals surface area (Å²) in [6.45, 7) is 1.81. The smallest absolute Gasteiger partial charge is 0.283 e. The molecule has 4 atom stereocenters. The highest BCUT2D eigenvalue weighted by Gasteiger charge is 2.54. The van der Waals surface area contributed by atoms with Crippen LogP contribution in [0.1, 0.15) is 30.4 Å². The highest BCUT2D eigenvalue weighted by Crippen LogP contribution is 2.55. The Balaban J connectivity index is 1.41. The van der Waals surface area contributed by atoms with Crippen molar-refractivity contribution >= 4 is 6.02 Å². The van der Waals surface area contributed by atoms with Crippen molar-refractivity contribution in [3.05, 3.63) is 53.6 Å². The van der Waals surface area contributed by atoms with Crippen molar-refractivity contribution in [2.45, 2.75) is 37.5 Å². The highest BCUT2D eigenvalue weighted by atomic mass is 19.1. The quantitative estimate of drug-likeness (QED) is 0.749. The van der Waals surface area contributed by atoms with E-state index in [1.807, 2.05) is 6.07 Å². The molecular weight excluding hydrogens is 397 g/mol. The second-order valence-corrected chi connectivity index (χ2v) is 9.13. The van der Waals surface area contributed by atoms with E-state index in [0.29, 0.717) is 43.1 Å². The molecule has 31 heavy (non-hydrogen) atoms. The zero-order valence-corrected chi connectivity index (χ0v) is 17.3. The molecule has 2 aliphatic carbocycles. The van der Waals surface area contributed by atoms with Gasteiger partial charge in [0.2, 0.25) is 5.95 Å². The molecule has 1 saturated carbocycles. The molecule has 2 fully saturated rings. The van der Waals surface area contributed by atoms with Crippen LogP contribution in [0, 0.1) is 23.7 Å². The van der Waals surface area contributed by atoms with E-state index in [4.69, 9.17) is 24.9 Å². The first kappa shape index (κ1) is 19.2. The average molecular weight is 423 g/mol. The van der Waals surface area contributed by atoms with Gasteiger partial charge in [0.25, 0.3) is 6.02 Å². The van der Waals surface area contributed by atoms with Crippen LogP contribution in [0.25, 0.3) is 11.1 Å². The van der Waals surface area contributed by atoms with Crippen molar-refractivity contribution < 1.29 is 18.6 Å². The van der Waals surface area contributed by atoms with E-state index >= 15 is 0 Å². The Labute approximate surface area is 180 Å². The SMILES string of the molecule is NC1=NC2(CO1)c1cc(-c3cccnc3F)ccc1C[C@H]1CC(C3OCCO3)CC[C@H]12. The van der Waals surface area contributed by atoms with Crippen molar-refractivity contribution in [1.82, 2.24) is 4.98 Å². The molecule has 1 aromatic heterocycles. The standard InChI is InChI=1S/C24H26FN3O3/c25-21-18(2-1-7-27-21)14-3-4-15-10-17-11-16(22-29-8-9-30-22)5-6-19(17)24(20(15)12-14)13-31-23(26)28-24/h1-4,7,12,16-17,19,22H,5-6,8-11,13H2,(H2,26,28)/t16?,17-,19+,24?/m0/s1. The Bertz CT molecular complexity index is 1040. The van der Waals surface area contributed by atoms with Crippen molar-refractivity contribution in [2.24, 2.45) is 28.5 Å². The van der Waals surface area contributed by atoms with E-state index in [0.717, 1.165) is 36.8 Å². The Morgan fingerprint density at radius 1 is 1.10 bits per heavy atom. The molecule has 162 valence electrons. The summed E-state index contributed by atoms with van der Waals surface area (Å²) in [4.78, 5) is 8.70. The number of rotatable bonds is 2. The van der Waals surface area contributed by atoms with Gasteiger partial charge in [0, 0.05) is 17.7 Å². The molecule has 2 aliphatic heterocycles. The fourth-order valence-electron chi connectivity index (χ4n) is 6.23. The summed E-state index contributed by atoms with van der Waals surface area (Å²) in [7, 11) is 0. The van der Waals surface area contributed by atoms with E-state index in [1.54, 1.807) is 12.1 Å². The number of amidine groups is 1. The summed E-state index contributed by atoms with van der Waals surface area (Å²) in [5.41, 5.74) is 9.18. The Kier molecular flexibility index (Phi) is 4.51. The molecule has 2 aromatic rings. The fraction of sp³-hybridized carbons (Fsp3) is 0.500. The van der Waals surface area contributed by atoms with Crippen LogP contribution < -0.4 is 5.73 Å². The number of benzene rings is 1. The van der Waals surface area contributed by atoms with E-state index < -0.39 is 11.5 Å². The van der Waals surface area contributed by atoms with Gasteiger partial charge in [0.05, 0.1) is 13.2 Å². The van der Waals surface area contributed by atoms with Crippen LogP contribution >= 0.6 is 0 Å². The number of nitrogens with zero attached hydrogens (tertiary/aromatic N) is 2. The van der Waals surface area contributed by atoms with E-state index in [1.165, 1.54) is 11.8 Å². The maximum Gasteiger partial charge on any atom is 0.283 e. The third-order valence-electron chi connectivity index (χ3n) is 7.55. The lowest BCUT2D eigenvalue weighted by Gasteiger charge is -2.49. The monoisotopic (exact) mass is 423 g/mol. The molecule has 2 N–H and O–H groups in total. The summed E-state index contributed by atoms with van der Waals surface area (Å²) in [5, 5.41) is 0. The molecule has 1 spiro atoms. The number of pyridine rings is 1. The molecule has 0 bridgehead atoms. The van der Waals surface area contributed by atoms with Crippen LogP contribution in [0.4, 0.5) is 4.39 Å². The lowest BCUT2D eigenvalue weighted by molar-refractivity contribution is -0.108. The summed E-state index contributed by atoms with van der Waals surface area (Å²) in [5.74, 6) is 0.730. The molecule has 3 heterocycles.